The summed E-state index contributed by atoms with van der Waals surface area (Å²) in [6, 6.07) is 35.3. The topological polar surface area (TPSA) is 84.8 Å². The normalized spacial score (nSPS) is 21.2. The van der Waals surface area contributed by atoms with E-state index in [0.29, 0.717) is 0 Å². The number of para-hydroxylation sites is 1. The van der Waals surface area contributed by atoms with Crippen LogP contribution in [0.5, 0.6) is 0 Å². The Hall–Kier alpha value is -4.26. The number of nitrogens with zero attached hydrogens (tertiary/aromatic N) is 1. The number of esters is 1. The van der Waals surface area contributed by atoms with Gasteiger partial charge in [-0.3, -0.25) is 4.79 Å². The third-order valence-electron chi connectivity index (χ3n) is 7.74. The molecule has 12 heteroatoms. The molecule has 270 valence electrons. The number of benzene rings is 4. The van der Waals surface area contributed by atoms with Gasteiger partial charge < -0.3 is 28.4 Å². The summed E-state index contributed by atoms with van der Waals surface area (Å²) >= 11 is 6.34. The van der Waals surface area contributed by atoms with Crippen LogP contribution in [-0.2, 0) is 53.0 Å². The summed E-state index contributed by atoms with van der Waals surface area (Å²) in [5.41, 5.74) is 2.42. The van der Waals surface area contributed by atoms with E-state index in [4.69, 9.17) is 40.0 Å². The second-order valence-corrected chi connectivity index (χ2v) is 13.2. The average Bonchev–Trinajstić information content (AvgIpc) is 3.12. The van der Waals surface area contributed by atoms with Crippen LogP contribution >= 0.6 is 11.6 Å². The van der Waals surface area contributed by atoms with Gasteiger partial charge in [0.15, 0.2) is 6.10 Å². The molecule has 51 heavy (non-hydrogen) atoms. The van der Waals surface area contributed by atoms with Crippen LogP contribution in [0.4, 0.5) is 18.9 Å². The van der Waals surface area contributed by atoms with Gasteiger partial charge in [-0.25, -0.2) is 4.99 Å². The standard InChI is InChI=1S/C39H39ClF3NO7/c1-38(2,40)37(45)50-34-33(48-25-29-19-11-5-12-20-29)32(47-24-28-17-9-4-10-18-28)31(26-46-23-27-15-7-3-8-16-27)49-35(34)51-36(39(41,42)43)44-30-21-13-6-14-22-30/h3-22,31-35H,23-26H2,1-2H3/t31-,32-,33+,34-,35?/m1/s1. The minimum atomic E-state index is -5.06. The zero-order valence-corrected chi connectivity index (χ0v) is 28.8. The van der Waals surface area contributed by atoms with Crippen LogP contribution < -0.4 is 0 Å². The molecule has 0 bridgehead atoms. The van der Waals surface area contributed by atoms with Crippen LogP contribution in [0.15, 0.2) is 126 Å². The van der Waals surface area contributed by atoms with E-state index < -0.39 is 53.6 Å². The van der Waals surface area contributed by atoms with Crippen LogP contribution in [0.1, 0.15) is 30.5 Å². The molecule has 0 N–H and O–H groups in total. The summed E-state index contributed by atoms with van der Waals surface area (Å²) in [6.07, 6.45) is -11.9. The fourth-order valence-corrected chi connectivity index (χ4v) is 5.22. The highest BCUT2D eigenvalue weighted by Crippen LogP contribution is 2.34. The summed E-state index contributed by atoms with van der Waals surface area (Å²) in [5.74, 6) is -2.55. The molecule has 1 heterocycles. The van der Waals surface area contributed by atoms with E-state index in [9.17, 15) is 18.0 Å². The third kappa shape index (κ3) is 11.4. The van der Waals surface area contributed by atoms with Gasteiger partial charge in [-0.15, -0.1) is 11.6 Å². The van der Waals surface area contributed by atoms with Crippen molar-refractivity contribution in [3.05, 3.63) is 138 Å². The fraction of sp³-hybridized carbons (Fsp3) is 0.333. The molecule has 0 aromatic heterocycles. The zero-order valence-electron chi connectivity index (χ0n) is 28.1. The molecule has 0 radical (unpaired) electrons. The lowest BCUT2D eigenvalue weighted by atomic mass is 9.97. The minimum absolute atomic E-state index is 0.0104. The monoisotopic (exact) mass is 725 g/mol. The number of carbonyl (C=O) groups excluding carboxylic acids is 1. The van der Waals surface area contributed by atoms with Crippen LogP contribution in [0.3, 0.4) is 0 Å². The Morgan fingerprint density at radius 3 is 1.65 bits per heavy atom. The number of halogens is 4. The smallest absolute Gasteiger partial charge is 0.451 e. The second-order valence-electron chi connectivity index (χ2n) is 12.3. The molecular formula is C39H39ClF3NO7. The van der Waals surface area contributed by atoms with Gasteiger partial charge in [-0.1, -0.05) is 109 Å². The maximum Gasteiger partial charge on any atom is 0.468 e. The van der Waals surface area contributed by atoms with Gasteiger partial charge in [0, 0.05) is 0 Å². The summed E-state index contributed by atoms with van der Waals surface area (Å²) < 4.78 is 80.2. The Morgan fingerprint density at radius 1 is 0.686 bits per heavy atom. The zero-order chi connectivity index (χ0) is 36.3. The lowest BCUT2D eigenvalue weighted by molar-refractivity contribution is -0.309. The highest BCUT2D eigenvalue weighted by molar-refractivity contribution is 6.33. The summed E-state index contributed by atoms with van der Waals surface area (Å²) in [7, 11) is 0. The summed E-state index contributed by atoms with van der Waals surface area (Å²) in [5, 5.41) is 0. The van der Waals surface area contributed by atoms with Gasteiger partial charge in [0.05, 0.1) is 32.1 Å². The van der Waals surface area contributed by atoms with Crippen LogP contribution in [0.25, 0.3) is 0 Å². The molecule has 1 unspecified atom stereocenters. The highest BCUT2D eigenvalue weighted by Gasteiger charge is 2.54. The van der Waals surface area contributed by atoms with Crippen molar-refractivity contribution in [3.8, 4) is 0 Å². The van der Waals surface area contributed by atoms with E-state index in [-0.39, 0.29) is 32.1 Å². The van der Waals surface area contributed by atoms with Crippen molar-refractivity contribution < 1.29 is 46.4 Å². The van der Waals surface area contributed by atoms with Gasteiger partial charge in [-0.2, -0.15) is 13.2 Å². The SMILES string of the molecule is CC(C)(Cl)C(=O)O[C@H]1C(OC(=Nc2ccccc2)C(F)(F)F)O[C@H](COCc2ccccc2)[C@@H](OCc2ccccc2)[C@@H]1OCc1ccccc1. The van der Waals surface area contributed by atoms with Crippen LogP contribution in [-0.4, -0.2) is 60.2 Å². The van der Waals surface area contributed by atoms with E-state index in [1.54, 1.807) is 18.2 Å². The first-order chi connectivity index (χ1) is 24.5. The van der Waals surface area contributed by atoms with Gasteiger partial charge in [0.2, 0.25) is 6.29 Å². The van der Waals surface area contributed by atoms with E-state index >= 15 is 0 Å². The van der Waals surface area contributed by atoms with Crippen molar-refractivity contribution in [2.45, 2.75) is 75.4 Å². The van der Waals surface area contributed by atoms with Crippen LogP contribution in [0.2, 0.25) is 0 Å². The van der Waals surface area contributed by atoms with E-state index in [2.05, 4.69) is 4.99 Å². The maximum absolute atomic E-state index is 14.6. The van der Waals surface area contributed by atoms with Gasteiger partial charge in [-0.05, 0) is 42.7 Å². The molecule has 5 atom stereocenters. The molecule has 4 aromatic carbocycles. The number of hydrogen-bond acceptors (Lipinski definition) is 8. The lowest BCUT2D eigenvalue weighted by Crippen LogP contribution is -2.63. The van der Waals surface area contributed by atoms with Crippen LogP contribution in [0, 0.1) is 0 Å². The third-order valence-corrected chi connectivity index (χ3v) is 7.90. The van der Waals surface area contributed by atoms with E-state index in [0.717, 1.165) is 16.7 Å². The predicted molar refractivity (Wildman–Crippen MR) is 185 cm³/mol. The van der Waals surface area contributed by atoms with Crippen molar-refractivity contribution in [1.82, 2.24) is 0 Å². The van der Waals surface area contributed by atoms with Gasteiger partial charge >= 0.3 is 12.1 Å². The van der Waals surface area contributed by atoms with E-state index in [1.165, 1.54) is 26.0 Å². The van der Waals surface area contributed by atoms with Crippen molar-refractivity contribution in [2.75, 3.05) is 6.61 Å². The number of aliphatic imine (C=N–C) groups is 1. The Bertz CT molecular complexity index is 1670. The summed E-state index contributed by atoms with van der Waals surface area (Å²) in [6.45, 7) is 2.90. The molecule has 0 spiro atoms. The first-order valence-corrected chi connectivity index (χ1v) is 16.7. The molecule has 1 aliphatic heterocycles. The quantitative estimate of drug-likeness (QED) is 0.0560. The molecule has 8 nitrogen and oxygen atoms in total. The second kappa shape index (κ2) is 17.8. The lowest BCUT2D eigenvalue weighted by Gasteiger charge is -2.45. The van der Waals surface area contributed by atoms with Gasteiger partial charge in [0.25, 0.3) is 5.90 Å². The van der Waals surface area contributed by atoms with Gasteiger partial charge in [0.1, 0.15) is 23.2 Å². The molecule has 4 aromatic rings. The Balaban J connectivity index is 1.55. The Morgan fingerprint density at radius 2 is 1.16 bits per heavy atom. The molecule has 5 rings (SSSR count). The number of alkyl halides is 4. The minimum Gasteiger partial charge on any atom is -0.451 e. The van der Waals surface area contributed by atoms with Crippen molar-refractivity contribution in [1.29, 1.82) is 0 Å². The summed E-state index contributed by atoms with van der Waals surface area (Å²) in [4.78, 5) is 15.5. The Labute approximate surface area is 300 Å². The highest BCUT2D eigenvalue weighted by atomic mass is 35.5. The number of hydrogen-bond donors (Lipinski definition) is 0. The van der Waals surface area contributed by atoms with Crippen molar-refractivity contribution >= 4 is 29.2 Å². The first kappa shape index (κ1) is 38.0. The molecule has 1 aliphatic rings. The largest absolute Gasteiger partial charge is 0.468 e. The van der Waals surface area contributed by atoms with Crippen molar-refractivity contribution in [3.63, 3.8) is 0 Å². The first-order valence-electron chi connectivity index (χ1n) is 16.3. The molecule has 1 saturated heterocycles. The van der Waals surface area contributed by atoms with Crippen molar-refractivity contribution in [2.24, 2.45) is 4.99 Å². The predicted octanol–water partition coefficient (Wildman–Crippen LogP) is 8.34. The maximum atomic E-state index is 14.6. The fourth-order valence-electron chi connectivity index (χ4n) is 5.17. The number of ether oxygens (including phenoxy) is 6. The molecule has 1 fully saturated rings. The molecule has 0 saturated carbocycles. The number of carbonyl (C=O) groups is 1. The van der Waals surface area contributed by atoms with E-state index in [1.807, 2.05) is 91.0 Å². The Kier molecular flexibility index (Phi) is 13.2. The molecular weight excluding hydrogens is 687 g/mol. The average molecular weight is 726 g/mol. The molecule has 0 aliphatic carbocycles. The number of rotatable bonds is 14. The molecule has 0 amide bonds.